The molecule has 0 bridgehead atoms. The Labute approximate surface area is 255 Å². The van der Waals surface area contributed by atoms with Crippen LogP contribution in [0.4, 0.5) is 0 Å². The van der Waals surface area contributed by atoms with Gasteiger partial charge in [0.15, 0.2) is 0 Å². The number of aliphatic hydroxyl groups is 1. The summed E-state index contributed by atoms with van der Waals surface area (Å²) >= 11 is 0. The van der Waals surface area contributed by atoms with Gasteiger partial charge in [0.25, 0.3) is 11.7 Å². The smallest absolute Gasteiger partial charge is 0.295 e. The second-order valence-corrected chi connectivity index (χ2v) is 10.9. The molecule has 1 aliphatic rings. The van der Waals surface area contributed by atoms with Crippen LogP contribution in [0.5, 0.6) is 11.5 Å². The van der Waals surface area contributed by atoms with E-state index in [4.69, 9.17) is 9.47 Å². The van der Waals surface area contributed by atoms with Gasteiger partial charge in [-0.2, -0.15) is 0 Å². The van der Waals surface area contributed by atoms with Crippen LogP contribution in [-0.4, -0.2) is 59.4 Å². The Morgan fingerprint density at radius 3 is 2.09 bits per heavy atom. The maximum absolute atomic E-state index is 13.4. The van der Waals surface area contributed by atoms with E-state index in [1.165, 1.54) is 5.56 Å². The van der Waals surface area contributed by atoms with Gasteiger partial charge in [-0.25, -0.2) is 0 Å². The highest BCUT2D eigenvalue weighted by Crippen LogP contribution is 2.40. The Morgan fingerprint density at radius 1 is 0.837 bits per heavy atom. The third kappa shape index (κ3) is 8.05. The van der Waals surface area contributed by atoms with Crippen molar-refractivity contribution in [2.75, 3.05) is 32.8 Å². The van der Waals surface area contributed by atoms with Crippen molar-refractivity contribution < 1.29 is 24.2 Å². The van der Waals surface area contributed by atoms with Gasteiger partial charge in [0.05, 0.1) is 18.2 Å². The topological polar surface area (TPSA) is 79.3 Å². The summed E-state index contributed by atoms with van der Waals surface area (Å²) in [5.41, 5.74) is 3.55. The zero-order valence-corrected chi connectivity index (χ0v) is 25.8. The van der Waals surface area contributed by atoms with Crippen molar-refractivity contribution in [2.24, 2.45) is 0 Å². The SMILES string of the molecule is CCCCOc1ccc(C2C(=C(O)c3ccc(OCc4ccc(C)cc4)cc3)C(=O)C(=O)N2CCCN(CC)CC)cc1. The first-order valence-electron chi connectivity index (χ1n) is 15.4. The number of rotatable bonds is 15. The lowest BCUT2D eigenvalue weighted by Gasteiger charge is -2.27. The molecule has 228 valence electrons. The summed E-state index contributed by atoms with van der Waals surface area (Å²) < 4.78 is 11.8. The minimum atomic E-state index is -0.696. The summed E-state index contributed by atoms with van der Waals surface area (Å²) in [6.07, 6.45) is 2.72. The maximum atomic E-state index is 13.4. The van der Waals surface area contributed by atoms with Gasteiger partial charge in [0.2, 0.25) is 0 Å². The molecule has 0 spiro atoms. The van der Waals surface area contributed by atoms with Crippen molar-refractivity contribution in [1.29, 1.82) is 0 Å². The van der Waals surface area contributed by atoms with Crippen molar-refractivity contribution in [3.8, 4) is 11.5 Å². The van der Waals surface area contributed by atoms with E-state index in [-0.39, 0.29) is 11.3 Å². The monoisotopic (exact) mass is 584 g/mol. The highest BCUT2D eigenvalue weighted by Gasteiger charge is 2.45. The van der Waals surface area contributed by atoms with Crippen LogP contribution in [0.15, 0.2) is 78.4 Å². The fourth-order valence-corrected chi connectivity index (χ4v) is 5.26. The number of unbranched alkanes of at least 4 members (excludes halogenated alkanes) is 1. The molecular weight excluding hydrogens is 540 g/mol. The van der Waals surface area contributed by atoms with Crippen LogP contribution in [-0.2, 0) is 16.2 Å². The highest BCUT2D eigenvalue weighted by atomic mass is 16.5. The summed E-state index contributed by atoms with van der Waals surface area (Å²) in [5.74, 6) is -0.0789. The molecule has 0 saturated carbocycles. The molecule has 3 aromatic rings. The third-order valence-corrected chi connectivity index (χ3v) is 7.92. The van der Waals surface area contributed by atoms with Crippen LogP contribution in [0.2, 0.25) is 0 Å². The maximum Gasteiger partial charge on any atom is 0.295 e. The highest BCUT2D eigenvalue weighted by molar-refractivity contribution is 6.46. The Bertz CT molecular complexity index is 1380. The van der Waals surface area contributed by atoms with Gasteiger partial charge >= 0.3 is 0 Å². The number of ether oxygens (including phenoxy) is 2. The number of amides is 1. The fraction of sp³-hybridized carbons (Fsp3) is 0.389. The first-order chi connectivity index (χ1) is 20.9. The molecule has 0 radical (unpaired) electrons. The number of hydrogen-bond donors (Lipinski definition) is 1. The number of hydrogen-bond acceptors (Lipinski definition) is 6. The van der Waals surface area contributed by atoms with E-state index >= 15 is 0 Å². The van der Waals surface area contributed by atoms with Gasteiger partial charge in [-0.05, 0) is 86.9 Å². The second-order valence-electron chi connectivity index (χ2n) is 10.9. The molecule has 1 atom stereocenters. The number of carbonyl (C=O) groups is 2. The van der Waals surface area contributed by atoms with Gasteiger partial charge in [0.1, 0.15) is 23.9 Å². The summed E-state index contributed by atoms with van der Waals surface area (Å²) in [4.78, 5) is 30.7. The minimum absolute atomic E-state index is 0.0980. The van der Waals surface area contributed by atoms with Crippen LogP contribution in [0, 0.1) is 6.92 Å². The van der Waals surface area contributed by atoms with E-state index in [2.05, 4.69) is 25.7 Å². The first-order valence-corrected chi connectivity index (χ1v) is 15.4. The van der Waals surface area contributed by atoms with Gasteiger partial charge in [-0.3, -0.25) is 9.59 Å². The van der Waals surface area contributed by atoms with Crippen molar-refractivity contribution in [2.45, 2.75) is 59.6 Å². The normalized spacial score (nSPS) is 16.2. The summed E-state index contributed by atoms with van der Waals surface area (Å²) in [6.45, 7) is 12.5. The minimum Gasteiger partial charge on any atom is -0.507 e. The molecule has 1 heterocycles. The first kappa shape index (κ1) is 31.8. The molecule has 1 N–H and O–H groups in total. The van der Waals surface area contributed by atoms with Crippen molar-refractivity contribution >= 4 is 17.4 Å². The van der Waals surface area contributed by atoms with E-state index < -0.39 is 17.7 Å². The van der Waals surface area contributed by atoms with E-state index in [0.717, 1.165) is 55.8 Å². The molecule has 4 rings (SSSR count). The quantitative estimate of drug-likeness (QED) is 0.0906. The molecule has 1 unspecified atom stereocenters. The number of aryl methyl sites for hydroxylation is 1. The second kappa shape index (κ2) is 15.4. The average molecular weight is 585 g/mol. The molecule has 7 heteroatoms. The molecule has 1 amide bonds. The van der Waals surface area contributed by atoms with Gasteiger partial charge in [0, 0.05) is 12.1 Å². The van der Waals surface area contributed by atoms with Crippen LogP contribution in [0.1, 0.15) is 68.3 Å². The molecule has 0 aromatic heterocycles. The van der Waals surface area contributed by atoms with Crippen LogP contribution < -0.4 is 9.47 Å². The molecule has 0 aliphatic carbocycles. The lowest BCUT2D eigenvalue weighted by atomic mass is 9.95. The van der Waals surface area contributed by atoms with Crippen molar-refractivity contribution in [3.63, 3.8) is 0 Å². The third-order valence-electron chi connectivity index (χ3n) is 7.92. The predicted molar refractivity (Wildman–Crippen MR) is 170 cm³/mol. The molecule has 7 nitrogen and oxygen atoms in total. The number of Topliss-reactive ketones (excluding diaryl/α,β-unsaturated/α-hetero) is 1. The predicted octanol–water partition coefficient (Wildman–Crippen LogP) is 6.91. The molecule has 1 aliphatic heterocycles. The van der Waals surface area contributed by atoms with Gasteiger partial charge < -0.3 is 24.4 Å². The number of nitrogens with zero attached hydrogens (tertiary/aromatic N) is 2. The Kier molecular flexibility index (Phi) is 11.4. The number of carbonyl (C=O) groups excluding carboxylic acids is 2. The number of ketones is 1. The molecule has 3 aromatic carbocycles. The molecule has 43 heavy (non-hydrogen) atoms. The summed E-state index contributed by atoms with van der Waals surface area (Å²) in [5, 5.41) is 11.5. The lowest BCUT2D eigenvalue weighted by Crippen LogP contribution is -2.33. The number of benzene rings is 3. The summed E-state index contributed by atoms with van der Waals surface area (Å²) in [7, 11) is 0. The van der Waals surface area contributed by atoms with Gasteiger partial charge in [-0.1, -0.05) is 69.2 Å². The largest absolute Gasteiger partial charge is 0.507 e. The van der Waals surface area contributed by atoms with E-state index in [0.29, 0.717) is 31.1 Å². The van der Waals surface area contributed by atoms with E-state index in [9.17, 15) is 14.7 Å². The number of likely N-dealkylation sites (tertiary alicyclic amines) is 1. The summed E-state index contributed by atoms with van der Waals surface area (Å²) in [6, 6.07) is 21.9. The molecule has 1 saturated heterocycles. The molecule has 1 fully saturated rings. The van der Waals surface area contributed by atoms with Crippen LogP contribution in [0.3, 0.4) is 0 Å². The van der Waals surface area contributed by atoms with Gasteiger partial charge in [-0.15, -0.1) is 0 Å². The number of aliphatic hydroxyl groups excluding tert-OH is 1. The van der Waals surface area contributed by atoms with Crippen LogP contribution >= 0.6 is 0 Å². The zero-order chi connectivity index (χ0) is 30.8. The zero-order valence-electron chi connectivity index (χ0n) is 25.8. The standard InChI is InChI=1S/C36H44N2O5/c1-5-8-24-42-30-18-14-28(15-19-30)33-32(35(40)36(41)38(33)23-9-22-37(6-2)7-3)34(39)29-16-20-31(21-17-29)43-25-27-12-10-26(4)11-13-27/h10-21,33,39H,5-9,22-25H2,1-4H3. The Hall–Kier alpha value is -4.10. The lowest BCUT2D eigenvalue weighted by molar-refractivity contribution is -0.140. The Balaban J connectivity index is 1.60. The van der Waals surface area contributed by atoms with Crippen LogP contribution in [0.25, 0.3) is 5.76 Å². The van der Waals surface area contributed by atoms with E-state index in [1.807, 2.05) is 55.5 Å². The average Bonchev–Trinajstić information content (AvgIpc) is 3.28. The molecular formula is C36H44N2O5. The van der Waals surface area contributed by atoms with Crippen molar-refractivity contribution in [1.82, 2.24) is 9.80 Å². The van der Waals surface area contributed by atoms with Crippen molar-refractivity contribution in [3.05, 3.63) is 101 Å². The fourth-order valence-electron chi connectivity index (χ4n) is 5.26. The Morgan fingerprint density at radius 2 is 1.47 bits per heavy atom. The van der Waals surface area contributed by atoms with E-state index in [1.54, 1.807) is 29.2 Å².